The maximum absolute atomic E-state index is 13.2. The molecule has 1 fully saturated rings. The zero-order chi connectivity index (χ0) is 16.2. The number of rotatable bonds is 6. The Morgan fingerprint density at radius 3 is 2.96 bits per heavy atom. The Balaban J connectivity index is 1.41. The fourth-order valence-electron chi connectivity index (χ4n) is 2.33. The highest BCUT2D eigenvalue weighted by molar-refractivity contribution is 7.11. The van der Waals surface area contributed by atoms with Crippen LogP contribution in [0.15, 0.2) is 40.8 Å². The predicted molar refractivity (Wildman–Crippen MR) is 85.6 cm³/mol. The summed E-state index contributed by atoms with van der Waals surface area (Å²) in [7, 11) is 0. The van der Waals surface area contributed by atoms with Crippen LogP contribution in [-0.2, 0) is 4.79 Å². The Hall–Kier alpha value is -2.12. The molecule has 23 heavy (non-hydrogen) atoms. The van der Waals surface area contributed by atoms with Crippen LogP contribution < -0.4 is 10.7 Å². The molecule has 1 heterocycles. The Bertz CT molecular complexity index is 718. The van der Waals surface area contributed by atoms with E-state index in [0.717, 1.165) is 22.9 Å². The third-order valence-electron chi connectivity index (χ3n) is 3.61. The molecule has 1 aromatic carbocycles. The van der Waals surface area contributed by atoms with E-state index in [-0.39, 0.29) is 24.4 Å². The third kappa shape index (κ3) is 4.20. The minimum atomic E-state index is -0.845. The number of carbonyl (C=O) groups is 1. The molecule has 0 unspecified atom stereocenters. The Kier molecular flexibility index (Phi) is 4.78. The van der Waals surface area contributed by atoms with Crippen molar-refractivity contribution in [1.29, 1.82) is 0 Å². The lowest BCUT2D eigenvalue weighted by Gasteiger charge is -2.04. The van der Waals surface area contributed by atoms with Gasteiger partial charge in [0.15, 0.2) is 11.6 Å². The van der Waals surface area contributed by atoms with Gasteiger partial charge in [0, 0.05) is 16.8 Å². The van der Waals surface area contributed by atoms with Crippen molar-refractivity contribution >= 4 is 23.5 Å². The maximum atomic E-state index is 13.2. The molecular weight excluding hydrogens is 320 g/mol. The Morgan fingerprint density at radius 1 is 1.35 bits per heavy atom. The van der Waals surface area contributed by atoms with Gasteiger partial charge >= 0.3 is 0 Å². The molecule has 0 spiro atoms. The first-order valence-electron chi connectivity index (χ1n) is 7.17. The molecule has 120 valence electrons. The largest absolute Gasteiger partial charge is 0.305 e. The van der Waals surface area contributed by atoms with Gasteiger partial charge < -0.3 is 5.32 Å². The first kappa shape index (κ1) is 15.8. The number of hydrazone groups is 1. The van der Waals surface area contributed by atoms with Gasteiger partial charge in [0.2, 0.25) is 0 Å². The summed E-state index contributed by atoms with van der Waals surface area (Å²) in [5.74, 6) is -1.81. The highest BCUT2D eigenvalue weighted by Crippen LogP contribution is 2.40. The summed E-state index contributed by atoms with van der Waals surface area (Å²) in [6.45, 7) is 0.132. The number of thiophene rings is 1. The molecule has 1 saturated carbocycles. The van der Waals surface area contributed by atoms with E-state index < -0.39 is 11.6 Å². The standard InChI is InChI=1S/C16H15F2N3OS/c17-13-4-3-10(6-14(13)18)12-7-15(12)19-9-16(22)21-20-8-11-2-1-5-23-11/h1-6,8,12,15,19H,7,9H2,(H,21,22)/b20-8+/t12-,15+/m0/s1. The van der Waals surface area contributed by atoms with Crippen LogP contribution in [0.25, 0.3) is 0 Å². The van der Waals surface area contributed by atoms with Crippen molar-refractivity contribution in [3.8, 4) is 0 Å². The smallest absolute Gasteiger partial charge is 0.254 e. The van der Waals surface area contributed by atoms with E-state index in [1.54, 1.807) is 12.3 Å². The van der Waals surface area contributed by atoms with Crippen LogP contribution in [0.1, 0.15) is 22.8 Å². The summed E-state index contributed by atoms with van der Waals surface area (Å²) >= 11 is 1.53. The summed E-state index contributed by atoms with van der Waals surface area (Å²) in [4.78, 5) is 12.6. The maximum Gasteiger partial charge on any atom is 0.254 e. The summed E-state index contributed by atoms with van der Waals surface area (Å²) in [5.41, 5.74) is 3.19. The molecule has 2 N–H and O–H groups in total. The van der Waals surface area contributed by atoms with Gasteiger partial charge in [0.1, 0.15) is 0 Å². The Labute approximate surface area is 136 Å². The van der Waals surface area contributed by atoms with Crippen LogP contribution in [-0.4, -0.2) is 24.7 Å². The van der Waals surface area contributed by atoms with Gasteiger partial charge in [-0.05, 0) is 35.6 Å². The molecule has 0 bridgehead atoms. The van der Waals surface area contributed by atoms with Crippen molar-refractivity contribution in [1.82, 2.24) is 10.7 Å². The molecule has 0 saturated heterocycles. The van der Waals surface area contributed by atoms with Gasteiger partial charge in [0.25, 0.3) is 5.91 Å². The lowest BCUT2D eigenvalue weighted by atomic mass is 10.1. The van der Waals surface area contributed by atoms with Gasteiger partial charge in [-0.1, -0.05) is 12.1 Å². The highest BCUT2D eigenvalue weighted by Gasteiger charge is 2.38. The minimum Gasteiger partial charge on any atom is -0.305 e. The summed E-state index contributed by atoms with van der Waals surface area (Å²) < 4.78 is 26.1. The van der Waals surface area contributed by atoms with Crippen LogP contribution in [0.5, 0.6) is 0 Å². The topological polar surface area (TPSA) is 53.5 Å². The zero-order valence-corrected chi connectivity index (χ0v) is 12.9. The van der Waals surface area contributed by atoms with E-state index in [1.807, 2.05) is 17.5 Å². The molecule has 1 aliphatic rings. The summed E-state index contributed by atoms with van der Waals surface area (Å²) in [6.07, 6.45) is 2.39. The molecule has 0 radical (unpaired) electrons. The second-order valence-electron chi connectivity index (χ2n) is 5.31. The first-order valence-corrected chi connectivity index (χ1v) is 8.05. The van der Waals surface area contributed by atoms with Crippen molar-refractivity contribution < 1.29 is 13.6 Å². The number of nitrogens with zero attached hydrogens (tertiary/aromatic N) is 1. The minimum absolute atomic E-state index is 0.104. The molecule has 2 atom stereocenters. The van der Waals surface area contributed by atoms with Crippen molar-refractivity contribution in [3.63, 3.8) is 0 Å². The van der Waals surface area contributed by atoms with Gasteiger partial charge in [-0.25, -0.2) is 14.2 Å². The van der Waals surface area contributed by atoms with E-state index >= 15 is 0 Å². The van der Waals surface area contributed by atoms with E-state index in [9.17, 15) is 13.6 Å². The van der Waals surface area contributed by atoms with Crippen LogP contribution in [0.3, 0.4) is 0 Å². The average molecular weight is 335 g/mol. The zero-order valence-electron chi connectivity index (χ0n) is 12.1. The second-order valence-corrected chi connectivity index (χ2v) is 6.29. The first-order chi connectivity index (χ1) is 11.1. The molecule has 4 nitrogen and oxygen atoms in total. The van der Waals surface area contributed by atoms with Crippen molar-refractivity contribution in [2.75, 3.05) is 6.54 Å². The quantitative estimate of drug-likeness (QED) is 0.630. The summed E-state index contributed by atoms with van der Waals surface area (Å²) in [5, 5.41) is 8.88. The second kappa shape index (κ2) is 6.97. The number of amides is 1. The number of hydrogen-bond donors (Lipinski definition) is 2. The number of carbonyl (C=O) groups excluding carboxylic acids is 1. The molecule has 7 heteroatoms. The molecule has 0 aliphatic heterocycles. The van der Waals surface area contributed by atoms with E-state index in [4.69, 9.17) is 0 Å². The fourth-order valence-corrected chi connectivity index (χ4v) is 2.91. The van der Waals surface area contributed by atoms with Gasteiger partial charge in [-0.3, -0.25) is 4.79 Å². The fraction of sp³-hybridized carbons (Fsp3) is 0.250. The third-order valence-corrected chi connectivity index (χ3v) is 4.42. The SMILES string of the molecule is O=C(CN[C@@H]1C[C@H]1c1ccc(F)c(F)c1)N/N=C/c1cccs1. The summed E-state index contributed by atoms with van der Waals surface area (Å²) in [6, 6.07) is 7.83. The number of hydrogen-bond acceptors (Lipinski definition) is 4. The van der Waals surface area contributed by atoms with Gasteiger partial charge in [-0.15, -0.1) is 11.3 Å². The van der Waals surface area contributed by atoms with Crippen LogP contribution in [0.4, 0.5) is 8.78 Å². The van der Waals surface area contributed by atoms with Gasteiger partial charge in [0.05, 0.1) is 12.8 Å². The highest BCUT2D eigenvalue weighted by atomic mass is 32.1. The van der Waals surface area contributed by atoms with Crippen molar-refractivity contribution in [2.24, 2.45) is 5.10 Å². The Morgan fingerprint density at radius 2 is 2.22 bits per heavy atom. The number of benzene rings is 1. The number of nitrogens with one attached hydrogen (secondary N) is 2. The van der Waals surface area contributed by atoms with E-state index in [2.05, 4.69) is 15.8 Å². The van der Waals surface area contributed by atoms with Crippen LogP contribution in [0, 0.1) is 11.6 Å². The lowest BCUT2D eigenvalue weighted by Crippen LogP contribution is -2.32. The molecule has 2 aromatic rings. The monoisotopic (exact) mass is 335 g/mol. The van der Waals surface area contributed by atoms with Crippen LogP contribution >= 0.6 is 11.3 Å². The number of halogens is 2. The van der Waals surface area contributed by atoms with Crippen molar-refractivity contribution in [3.05, 3.63) is 57.8 Å². The molecular formula is C16H15F2N3OS. The average Bonchev–Trinajstić information content (AvgIpc) is 3.13. The molecule has 1 aliphatic carbocycles. The molecule has 1 aromatic heterocycles. The van der Waals surface area contributed by atoms with Crippen LogP contribution in [0.2, 0.25) is 0 Å². The van der Waals surface area contributed by atoms with E-state index in [1.165, 1.54) is 17.4 Å². The lowest BCUT2D eigenvalue weighted by molar-refractivity contribution is -0.120. The van der Waals surface area contributed by atoms with Gasteiger partial charge in [-0.2, -0.15) is 5.10 Å². The van der Waals surface area contributed by atoms with E-state index in [0.29, 0.717) is 0 Å². The predicted octanol–water partition coefficient (Wildman–Crippen LogP) is 2.62. The molecule has 1 amide bonds. The normalized spacial score (nSPS) is 19.9. The van der Waals surface area contributed by atoms with Crippen molar-refractivity contribution in [2.45, 2.75) is 18.4 Å². The molecule has 3 rings (SSSR count).